The summed E-state index contributed by atoms with van der Waals surface area (Å²) in [5, 5.41) is 2.97. The highest BCUT2D eigenvalue weighted by Crippen LogP contribution is 2.17. The highest BCUT2D eigenvalue weighted by Gasteiger charge is 2.24. The van der Waals surface area contributed by atoms with Gasteiger partial charge in [-0.25, -0.2) is 9.97 Å². The summed E-state index contributed by atoms with van der Waals surface area (Å²) in [6.07, 6.45) is 8.29. The first-order chi connectivity index (χ1) is 12.6. The summed E-state index contributed by atoms with van der Waals surface area (Å²) in [5.74, 6) is 0.572. The van der Waals surface area contributed by atoms with Gasteiger partial charge < -0.3 is 14.8 Å². The molecule has 4 rings (SSSR count). The maximum absolute atomic E-state index is 12.5. The van der Waals surface area contributed by atoms with Gasteiger partial charge in [0.05, 0.1) is 0 Å². The number of hydrogen-bond acceptors (Lipinski definition) is 5. The minimum absolute atomic E-state index is 0.0369. The maximum Gasteiger partial charge on any atom is 0.270 e. The molecule has 0 aromatic carbocycles. The maximum atomic E-state index is 12.5. The number of rotatable bonds is 3. The number of aromatic nitrogens is 4. The van der Waals surface area contributed by atoms with Crippen molar-refractivity contribution in [1.29, 1.82) is 0 Å². The van der Waals surface area contributed by atoms with Gasteiger partial charge in [-0.2, -0.15) is 0 Å². The monoisotopic (exact) mass is 352 g/mol. The van der Waals surface area contributed by atoms with Crippen LogP contribution < -0.4 is 15.8 Å². The Balaban J connectivity index is 1.44. The first kappa shape index (κ1) is 16.3. The standard InChI is InChI=1S/C18H20N6O2/c1-22-11-7-19-18(22)23-9-5-13(6-10-23)21-16(25)14-12-20-15-4-2-3-8-24(15)17(14)26/h2-4,7-8,11-13H,5-6,9-10H2,1H3,(H,21,25). The van der Waals surface area contributed by atoms with Gasteiger partial charge in [0.25, 0.3) is 11.5 Å². The van der Waals surface area contributed by atoms with E-state index >= 15 is 0 Å². The molecule has 0 saturated carbocycles. The molecule has 1 fully saturated rings. The fourth-order valence-electron chi connectivity index (χ4n) is 3.33. The van der Waals surface area contributed by atoms with E-state index in [0.29, 0.717) is 5.65 Å². The van der Waals surface area contributed by atoms with Crippen LogP contribution in [0.1, 0.15) is 23.2 Å². The van der Waals surface area contributed by atoms with Gasteiger partial charge in [0.2, 0.25) is 5.95 Å². The number of amides is 1. The Morgan fingerprint density at radius 1 is 1.19 bits per heavy atom. The number of aryl methyl sites for hydroxylation is 1. The third-order valence-electron chi connectivity index (χ3n) is 4.77. The van der Waals surface area contributed by atoms with Crippen molar-refractivity contribution in [2.24, 2.45) is 7.05 Å². The van der Waals surface area contributed by atoms with E-state index in [0.717, 1.165) is 31.9 Å². The van der Waals surface area contributed by atoms with Crippen molar-refractivity contribution in [3.8, 4) is 0 Å². The van der Waals surface area contributed by atoms with E-state index < -0.39 is 0 Å². The molecule has 1 aliphatic rings. The first-order valence-corrected chi connectivity index (χ1v) is 8.63. The molecular formula is C18H20N6O2. The second-order valence-electron chi connectivity index (χ2n) is 6.48. The Kier molecular flexibility index (Phi) is 4.16. The smallest absolute Gasteiger partial charge is 0.270 e. The molecule has 1 saturated heterocycles. The van der Waals surface area contributed by atoms with Crippen LogP contribution in [-0.4, -0.2) is 44.0 Å². The van der Waals surface area contributed by atoms with Crippen LogP contribution in [0, 0.1) is 0 Å². The molecule has 0 aliphatic carbocycles. The highest BCUT2D eigenvalue weighted by molar-refractivity contribution is 5.93. The summed E-state index contributed by atoms with van der Waals surface area (Å²) in [6, 6.07) is 5.31. The largest absolute Gasteiger partial charge is 0.349 e. The van der Waals surface area contributed by atoms with Gasteiger partial charge >= 0.3 is 0 Å². The van der Waals surface area contributed by atoms with Crippen molar-refractivity contribution < 1.29 is 4.79 Å². The highest BCUT2D eigenvalue weighted by atomic mass is 16.2. The Bertz CT molecular complexity index is 1000. The van der Waals surface area contributed by atoms with Gasteiger partial charge in [0.1, 0.15) is 11.2 Å². The molecule has 1 aliphatic heterocycles. The number of imidazole rings is 1. The number of piperidine rings is 1. The summed E-state index contributed by atoms with van der Waals surface area (Å²) < 4.78 is 3.37. The molecule has 0 atom stereocenters. The predicted molar refractivity (Wildman–Crippen MR) is 97.4 cm³/mol. The zero-order valence-electron chi connectivity index (χ0n) is 14.5. The summed E-state index contributed by atoms with van der Waals surface area (Å²) in [4.78, 5) is 35.8. The molecule has 134 valence electrons. The molecule has 0 spiro atoms. The first-order valence-electron chi connectivity index (χ1n) is 8.63. The van der Waals surface area contributed by atoms with E-state index in [9.17, 15) is 9.59 Å². The number of carbonyl (C=O) groups is 1. The van der Waals surface area contributed by atoms with Crippen molar-refractivity contribution in [3.05, 3.63) is 58.9 Å². The number of nitrogens with one attached hydrogen (secondary N) is 1. The van der Waals surface area contributed by atoms with Gasteiger partial charge in [0, 0.05) is 51.0 Å². The lowest BCUT2D eigenvalue weighted by molar-refractivity contribution is 0.0929. The van der Waals surface area contributed by atoms with Crippen molar-refractivity contribution in [2.45, 2.75) is 18.9 Å². The second kappa shape index (κ2) is 6.62. The third-order valence-corrected chi connectivity index (χ3v) is 4.77. The number of hydrogen-bond donors (Lipinski definition) is 1. The molecule has 26 heavy (non-hydrogen) atoms. The molecule has 1 N–H and O–H groups in total. The zero-order chi connectivity index (χ0) is 18.1. The van der Waals surface area contributed by atoms with Crippen molar-refractivity contribution >= 4 is 17.5 Å². The lowest BCUT2D eigenvalue weighted by Crippen LogP contribution is -2.46. The SMILES string of the molecule is Cn1ccnc1N1CCC(NC(=O)c2cnc3ccccn3c2=O)CC1. The van der Waals surface area contributed by atoms with Crippen LogP contribution in [0.2, 0.25) is 0 Å². The minimum atomic E-state index is -0.365. The molecule has 0 unspecified atom stereocenters. The van der Waals surface area contributed by atoms with Crippen LogP contribution >= 0.6 is 0 Å². The van der Waals surface area contributed by atoms with Crippen LogP contribution in [0.3, 0.4) is 0 Å². The van der Waals surface area contributed by atoms with Crippen LogP contribution in [0.5, 0.6) is 0 Å². The van der Waals surface area contributed by atoms with E-state index in [-0.39, 0.29) is 23.1 Å². The zero-order valence-corrected chi connectivity index (χ0v) is 14.5. The van der Waals surface area contributed by atoms with E-state index in [4.69, 9.17) is 0 Å². The summed E-state index contributed by atoms with van der Waals surface area (Å²) in [5.41, 5.74) is 0.246. The quantitative estimate of drug-likeness (QED) is 0.755. The number of anilines is 1. The van der Waals surface area contributed by atoms with E-state index in [1.165, 1.54) is 10.6 Å². The molecule has 4 heterocycles. The molecule has 8 heteroatoms. The lowest BCUT2D eigenvalue weighted by Gasteiger charge is -2.32. The molecule has 3 aromatic rings. The van der Waals surface area contributed by atoms with Gasteiger partial charge in [-0.05, 0) is 25.0 Å². The Morgan fingerprint density at radius 3 is 2.73 bits per heavy atom. The van der Waals surface area contributed by atoms with Crippen molar-refractivity contribution in [3.63, 3.8) is 0 Å². The number of nitrogens with zero attached hydrogens (tertiary/aromatic N) is 5. The molecule has 1 amide bonds. The predicted octanol–water partition coefficient (Wildman–Crippen LogP) is 0.827. The Hall–Kier alpha value is -3.16. The van der Waals surface area contributed by atoms with Gasteiger partial charge in [0.15, 0.2) is 0 Å². The van der Waals surface area contributed by atoms with Crippen molar-refractivity contribution in [1.82, 2.24) is 24.3 Å². The Morgan fingerprint density at radius 2 is 2.00 bits per heavy atom. The van der Waals surface area contributed by atoms with Crippen LogP contribution in [0.25, 0.3) is 5.65 Å². The van der Waals surface area contributed by atoms with Gasteiger partial charge in [-0.1, -0.05) is 6.07 Å². The molecule has 0 bridgehead atoms. The number of carbonyl (C=O) groups excluding carboxylic acids is 1. The molecule has 3 aromatic heterocycles. The van der Waals surface area contributed by atoms with Crippen LogP contribution in [0.4, 0.5) is 5.95 Å². The summed E-state index contributed by atoms with van der Waals surface area (Å²) >= 11 is 0. The third kappa shape index (κ3) is 2.94. The number of pyridine rings is 1. The molecule has 8 nitrogen and oxygen atoms in total. The minimum Gasteiger partial charge on any atom is -0.349 e. The second-order valence-corrected chi connectivity index (χ2v) is 6.48. The lowest BCUT2D eigenvalue weighted by atomic mass is 10.0. The van der Waals surface area contributed by atoms with Gasteiger partial charge in [-0.15, -0.1) is 0 Å². The molecule has 0 radical (unpaired) electrons. The fourth-order valence-corrected chi connectivity index (χ4v) is 3.33. The van der Waals surface area contributed by atoms with Crippen LogP contribution in [0.15, 0.2) is 47.8 Å². The summed E-state index contributed by atoms with van der Waals surface area (Å²) in [6.45, 7) is 1.62. The average molecular weight is 352 g/mol. The topological polar surface area (TPSA) is 84.5 Å². The molecular weight excluding hydrogens is 332 g/mol. The summed E-state index contributed by atoms with van der Waals surface area (Å²) in [7, 11) is 1.97. The Labute approximate surface area is 150 Å². The van der Waals surface area contributed by atoms with Crippen molar-refractivity contribution in [2.75, 3.05) is 18.0 Å². The van der Waals surface area contributed by atoms with E-state index in [2.05, 4.69) is 20.2 Å². The van der Waals surface area contributed by atoms with Gasteiger partial charge in [-0.3, -0.25) is 14.0 Å². The van der Waals surface area contributed by atoms with E-state index in [1.54, 1.807) is 30.6 Å². The van der Waals surface area contributed by atoms with E-state index in [1.807, 2.05) is 17.8 Å². The number of fused-ring (bicyclic) bond motifs is 1. The normalized spacial score (nSPS) is 15.3. The average Bonchev–Trinajstić information content (AvgIpc) is 3.09. The van der Waals surface area contributed by atoms with Crippen LogP contribution in [-0.2, 0) is 7.05 Å². The fraction of sp³-hybridized carbons (Fsp3) is 0.333.